The smallest absolute Gasteiger partial charge is 0.416 e. The van der Waals surface area contributed by atoms with Crippen molar-refractivity contribution in [3.63, 3.8) is 0 Å². The molecule has 1 N–H and O–H groups in total. The summed E-state index contributed by atoms with van der Waals surface area (Å²) in [5.74, 6) is -2.24. The Morgan fingerprint density at radius 2 is 1.81 bits per heavy atom. The van der Waals surface area contributed by atoms with Crippen molar-refractivity contribution in [2.75, 3.05) is 19.0 Å². The first-order valence-electron chi connectivity index (χ1n) is 9.77. The number of ether oxygens (including phenoxy) is 3. The number of carbonyl (C=O) groups is 2. The molecule has 6 nitrogen and oxygen atoms in total. The van der Waals surface area contributed by atoms with Crippen LogP contribution in [0.5, 0.6) is 5.75 Å². The molecule has 2 aromatic carbocycles. The van der Waals surface area contributed by atoms with Crippen molar-refractivity contribution in [3.05, 3.63) is 58.9 Å². The summed E-state index contributed by atoms with van der Waals surface area (Å²) in [6.07, 6.45) is -5.56. The highest BCUT2D eigenvalue weighted by Crippen LogP contribution is 2.32. The molecule has 174 valence electrons. The number of halogens is 4. The summed E-state index contributed by atoms with van der Waals surface area (Å²) in [4.78, 5) is 24.3. The Bertz CT molecular complexity index is 962. The molecule has 0 aliphatic rings. The van der Waals surface area contributed by atoms with Crippen molar-refractivity contribution in [2.45, 2.75) is 39.0 Å². The van der Waals surface area contributed by atoms with Crippen LogP contribution in [0.15, 0.2) is 36.4 Å². The van der Waals surface area contributed by atoms with Gasteiger partial charge in [0.05, 0.1) is 23.9 Å². The maximum Gasteiger partial charge on any atom is 0.416 e. The molecule has 0 spiro atoms. The van der Waals surface area contributed by atoms with Crippen LogP contribution in [0.1, 0.15) is 41.8 Å². The summed E-state index contributed by atoms with van der Waals surface area (Å²) >= 11 is 0. The Labute approximate surface area is 182 Å². The summed E-state index contributed by atoms with van der Waals surface area (Å²) in [6, 6.07) is 6.63. The van der Waals surface area contributed by atoms with Gasteiger partial charge >= 0.3 is 18.2 Å². The average Bonchev–Trinajstić information content (AvgIpc) is 2.76. The van der Waals surface area contributed by atoms with Crippen LogP contribution >= 0.6 is 0 Å². The first kappa shape index (κ1) is 25.0. The molecule has 0 saturated heterocycles. The molecule has 0 saturated carbocycles. The zero-order valence-electron chi connectivity index (χ0n) is 17.7. The molecule has 0 radical (unpaired) electrons. The summed E-state index contributed by atoms with van der Waals surface area (Å²) in [5, 5.41) is 2.46. The van der Waals surface area contributed by atoms with Gasteiger partial charge in [-0.25, -0.2) is 14.0 Å². The molecule has 2 aromatic rings. The fourth-order valence-corrected chi connectivity index (χ4v) is 2.70. The van der Waals surface area contributed by atoms with E-state index in [1.807, 2.05) is 6.92 Å². The lowest BCUT2D eigenvalue weighted by Gasteiger charge is -2.19. The van der Waals surface area contributed by atoms with E-state index in [0.29, 0.717) is 24.6 Å². The number of nitrogens with one attached hydrogen (secondary N) is 1. The number of esters is 1. The van der Waals surface area contributed by atoms with E-state index in [-0.39, 0.29) is 24.3 Å². The van der Waals surface area contributed by atoms with E-state index >= 15 is 0 Å². The van der Waals surface area contributed by atoms with Crippen LogP contribution in [0.2, 0.25) is 0 Å². The van der Waals surface area contributed by atoms with Gasteiger partial charge < -0.3 is 14.2 Å². The third-order valence-corrected chi connectivity index (χ3v) is 4.55. The lowest BCUT2D eigenvalue weighted by molar-refractivity contribution is -0.137. The maximum absolute atomic E-state index is 13.8. The Balaban J connectivity index is 2.08. The third-order valence-electron chi connectivity index (χ3n) is 4.55. The highest BCUT2D eigenvalue weighted by Gasteiger charge is 2.31. The second-order valence-electron chi connectivity index (χ2n) is 6.74. The monoisotopic (exact) mass is 457 g/mol. The average molecular weight is 457 g/mol. The van der Waals surface area contributed by atoms with Gasteiger partial charge in [-0.15, -0.1) is 0 Å². The molecule has 0 aromatic heterocycles. The number of anilines is 1. The zero-order valence-corrected chi connectivity index (χ0v) is 17.7. The topological polar surface area (TPSA) is 73.9 Å². The molecular weight excluding hydrogens is 434 g/mol. The minimum Gasteiger partial charge on any atom is -0.487 e. The minimum atomic E-state index is -4.66. The number of hydrogen-bond donors (Lipinski definition) is 1. The molecule has 1 amide bonds. The van der Waals surface area contributed by atoms with Crippen molar-refractivity contribution in [1.29, 1.82) is 0 Å². The van der Waals surface area contributed by atoms with E-state index in [2.05, 4.69) is 5.32 Å². The van der Waals surface area contributed by atoms with E-state index in [9.17, 15) is 27.2 Å². The maximum atomic E-state index is 13.8. The molecule has 32 heavy (non-hydrogen) atoms. The van der Waals surface area contributed by atoms with Crippen LogP contribution in [0.3, 0.4) is 0 Å². The molecule has 0 aliphatic heterocycles. The fourth-order valence-electron chi connectivity index (χ4n) is 2.70. The summed E-state index contributed by atoms with van der Waals surface area (Å²) in [7, 11) is 1.20. The van der Waals surface area contributed by atoms with Crippen molar-refractivity contribution >= 4 is 17.7 Å². The molecule has 1 atom stereocenters. The summed E-state index contributed by atoms with van der Waals surface area (Å²) in [6.45, 7) is 3.18. The van der Waals surface area contributed by atoms with Crippen LogP contribution in [0.4, 0.5) is 28.0 Å². The van der Waals surface area contributed by atoms with Crippen LogP contribution in [0.25, 0.3) is 0 Å². The van der Waals surface area contributed by atoms with E-state index in [0.717, 1.165) is 5.56 Å². The first-order valence-corrected chi connectivity index (χ1v) is 9.77. The Kier molecular flexibility index (Phi) is 8.45. The van der Waals surface area contributed by atoms with Crippen LogP contribution < -0.4 is 10.1 Å². The highest BCUT2D eigenvalue weighted by molar-refractivity contribution is 5.99. The number of alkyl halides is 3. The second kappa shape index (κ2) is 10.8. The normalized spacial score (nSPS) is 12.1. The predicted octanol–water partition coefficient (Wildman–Crippen LogP) is 5.60. The number of methoxy groups -OCH3 is 1. The minimum absolute atomic E-state index is 0.122. The van der Waals surface area contributed by atoms with Crippen LogP contribution in [-0.2, 0) is 22.1 Å². The van der Waals surface area contributed by atoms with Crippen molar-refractivity contribution in [2.24, 2.45) is 0 Å². The van der Waals surface area contributed by atoms with Gasteiger partial charge in [-0.05, 0) is 48.7 Å². The lowest BCUT2D eigenvalue weighted by atomic mass is 10.1. The van der Waals surface area contributed by atoms with E-state index < -0.39 is 41.5 Å². The Morgan fingerprint density at radius 1 is 1.09 bits per heavy atom. The SMILES string of the molecule is CCc1ccc(C(=O)OC)c(NC(=O)OC(CC)COc2cc(C(F)(F)F)ccc2F)c1. The van der Waals surface area contributed by atoms with Gasteiger partial charge in [-0.3, -0.25) is 5.32 Å². The number of rotatable bonds is 8. The molecule has 0 aliphatic carbocycles. The quantitative estimate of drug-likeness (QED) is 0.413. The largest absolute Gasteiger partial charge is 0.487 e. The fraction of sp³-hybridized carbons (Fsp3) is 0.364. The van der Waals surface area contributed by atoms with Gasteiger partial charge in [0.15, 0.2) is 11.6 Å². The molecule has 1 unspecified atom stereocenters. The molecule has 0 fully saturated rings. The Morgan fingerprint density at radius 3 is 2.41 bits per heavy atom. The van der Waals surface area contributed by atoms with Gasteiger partial charge in [0.1, 0.15) is 12.7 Å². The zero-order chi connectivity index (χ0) is 23.9. The molecule has 2 rings (SSSR count). The highest BCUT2D eigenvalue weighted by atomic mass is 19.4. The molecular formula is C22H23F4NO5. The van der Waals surface area contributed by atoms with Gasteiger partial charge in [-0.1, -0.05) is 19.9 Å². The molecule has 0 bridgehead atoms. The van der Waals surface area contributed by atoms with Gasteiger partial charge in [-0.2, -0.15) is 13.2 Å². The number of aryl methyl sites for hydroxylation is 1. The Hall–Kier alpha value is -3.30. The number of benzene rings is 2. The lowest BCUT2D eigenvalue weighted by Crippen LogP contribution is -2.28. The van der Waals surface area contributed by atoms with Crippen LogP contribution in [-0.4, -0.2) is 31.9 Å². The molecule has 0 heterocycles. The van der Waals surface area contributed by atoms with Crippen molar-refractivity contribution in [3.8, 4) is 5.75 Å². The van der Waals surface area contributed by atoms with E-state index in [1.54, 1.807) is 19.1 Å². The van der Waals surface area contributed by atoms with Crippen molar-refractivity contribution in [1.82, 2.24) is 0 Å². The van der Waals surface area contributed by atoms with E-state index in [1.165, 1.54) is 13.2 Å². The first-order chi connectivity index (χ1) is 15.1. The van der Waals surface area contributed by atoms with E-state index in [4.69, 9.17) is 14.2 Å². The van der Waals surface area contributed by atoms with Gasteiger partial charge in [0.25, 0.3) is 0 Å². The van der Waals surface area contributed by atoms with Gasteiger partial charge in [0.2, 0.25) is 0 Å². The van der Waals surface area contributed by atoms with Crippen LogP contribution in [0, 0.1) is 5.82 Å². The number of amides is 1. The number of carbonyl (C=O) groups excluding carboxylic acids is 2. The summed E-state index contributed by atoms with van der Waals surface area (Å²) < 4.78 is 67.4. The third kappa shape index (κ3) is 6.60. The summed E-state index contributed by atoms with van der Waals surface area (Å²) in [5.41, 5.74) is 0.0907. The number of hydrogen-bond acceptors (Lipinski definition) is 5. The van der Waals surface area contributed by atoms with Crippen molar-refractivity contribution < 1.29 is 41.4 Å². The standard InChI is InChI=1S/C22H23F4NO5/c1-4-13-6-8-16(20(28)30-3)18(10-13)27-21(29)32-15(5-2)12-31-19-11-14(22(24,25)26)7-9-17(19)23/h6-11,15H,4-5,12H2,1-3H3,(H,27,29). The molecule has 10 heteroatoms. The second-order valence-corrected chi connectivity index (χ2v) is 6.74. The predicted molar refractivity (Wildman–Crippen MR) is 108 cm³/mol. The van der Waals surface area contributed by atoms with Gasteiger partial charge in [0, 0.05) is 0 Å².